The number of carbonyl (C=O) groups excluding carboxylic acids is 1. The van der Waals surface area contributed by atoms with Crippen LogP contribution in [0.25, 0.3) is 0 Å². The molecule has 25 heavy (non-hydrogen) atoms. The molecular weight excluding hydrogens is 372 g/mol. The molecule has 0 aliphatic carbocycles. The van der Waals surface area contributed by atoms with Crippen LogP contribution in [0.1, 0.15) is 13.8 Å². The van der Waals surface area contributed by atoms with Gasteiger partial charge in [-0.25, -0.2) is 4.79 Å². The molecule has 0 saturated heterocycles. The summed E-state index contributed by atoms with van der Waals surface area (Å²) in [5, 5.41) is 0. The van der Waals surface area contributed by atoms with E-state index in [2.05, 4.69) is 4.74 Å². The summed E-state index contributed by atoms with van der Waals surface area (Å²) in [7, 11) is 0.485. The molecule has 1 aromatic rings. The molecule has 0 aliphatic rings. The van der Waals surface area contributed by atoms with Gasteiger partial charge in [-0.1, -0.05) is 11.8 Å². The number of thioether (sulfide) groups is 1. The van der Waals surface area contributed by atoms with Crippen LogP contribution in [0.3, 0.4) is 0 Å². The van der Waals surface area contributed by atoms with Crippen LogP contribution < -0.4 is 4.90 Å². The van der Waals surface area contributed by atoms with E-state index in [0.29, 0.717) is 25.9 Å². The van der Waals surface area contributed by atoms with Crippen molar-refractivity contribution in [3.63, 3.8) is 0 Å². The van der Waals surface area contributed by atoms with Gasteiger partial charge < -0.3 is 9.64 Å². The zero-order chi connectivity index (χ0) is 19.5. The average molecular weight is 389 g/mol. The van der Waals surface area contributed by atoms with Crippen LogP contribution in [0.5, 0.6) is 0 Å². The molecule has 0 spiro atoms. The van der Waals surface area contributed by atoms with Gasteiger partial charge >= 0.3 is 23.1 Å². The van der Waals surface area contributed by atoms with Crippen molar-refractivity contribution < 1.29 is 35.9 Å². The number of ether oxygens (including phenoxy) is 1. The normalized spacial score (nSPS) is 12.8. The zero-order valence-corrected chi connectivity index (χ0v) is 14.5. The van der Waals surface area contributed by atoms with Crippen LogP contribution in [0.2, 0.25) is 0 Å². The maximum Gasteiger partial charge on any atom is 0.423 e. The largest absolute Gasteiger partial charge is 0.467 e. The Morgan fingerprint density at radius 1 is 1.00 bits per heavy atom. The van der Waals surface area contributed by atoms with Gasteiger partial charge in [0.1, 0.15) is 0 Å². The first-order chi connectivity index (χ1) is 11.4. The number of esters is 1. The summed E-state index contributed by atoms with van der Waals surface area (Å²) in [6.07, 6.45) is -11.8. The Kier molecular flexibility index (Phi) is 6.66. The van der Waals surface area contributed by atoms with Crippen LogP contribution in [0.15, 0.2) is 29.2 Å². The van der Waals surface area contributed by atoms with Gasteiger partial charge in [-0.05, 0) is 38.1 Å². The lowest BCUT2D eigenvalue weighted by Crippen LogP contribution is -2.60. The summed E-state index contributed by atoms with van der Waals surface area (Å²) < 4.78 is 78.7. The van der Waals surface area contributed by atoms with Crippen molar-refractivity contribution in [3.05, 3.63) is 24.3 Å². The fourth-order valence-corrected chi connectivity index (χ4v) is 3.21. The second-order valence-corrected chi connectivity index (χ2v) is 6.22. The van der Waals surface area contributed by atoms with Gasteiger partial charge in [0.25, 0.3) is 0 Å². The molecule has 142 valence electrons. The fourth-order valence-electron chi connectivity index (χ4n) is 2.18. The van der Waals surface area contributed by atoms with Gasteiger partial charge in [0.05, 0.1) is 7.11 Å². The first kappa shape index (κ1) is 21.5. The first-order valence-corrected chi connectivity index (χ1v) is 8.02. The number of halogens is 6. The van der Waals surface area contributed by atoms with Gasteiger partial charge in [-0.3, -0.25) is 0 Å². The molecule has 0 aliphatic heterocycles. The number of rotatable bonds is 6. The van der Waals surface area contributed by atoms with Crippen molar-refractivity contribution in [2.45, 2.75) is 35.8 Å². The van der Waals surface area contributed by atoms with Crippen LogP contribution in [-0.4, -0.2) is 43.3 Å². The smallest absolute Gasteiger partial charge is 0.423 e. The van der Waals surface area contributed by atoms with Gasteiger partial charge in [0.2, 0.25) is 0 Å². The minimum atomic E-state index is -5.89. The lowest BCUT2D eigenvalue weighted by atomic mass is 10.1. The highest BCUT2D eigenvalue weighted by Gasteiger charge is 2.77. The highest BCUT2D eigenvalue weighted by atomic mass is 32.2. The Morgan fingerprint density at radius 3 is 1.76 bits per heavy atom. The molecular formula is C15H17F6NO2S. The summed E-state index contributed by atoms with van der Waals surface area (Å²) in [5.41, 5.74) is 0.650. The molecule has 0 atom stereocenters. The topological polar surface area (TPSA) is 29.5 Å². The highest BCUT2D eigenvalue weighted by Crippen LogP contribution is 2.55. The number of benzene rings is 1. The molecule has 3 nitrogen and oxygen atoms in total. The predicted octanol–water partition coefficient (Wildman–Crippen LogP) is 4.66. The van der Waals surface area contributed by atoms with Crippen LogP contribution in [0.4, 0.5) is 32.0 Å². The predicted molar refractivity (Wildman–Crippen MR) is 82.7 cm³/mol. The van der Waals surface area contributed by atoms with Crippen LogP contribution >= 0.6 is 11.8 Å². The lowest BCUT2D eigenvalue weighted by molar-refractivity contribution is -0.264. The number of nitrogens with zero attached hydrogens (tertiary/aromatic N) is 1. The number of methoxy groups -OCH3 is 1. The van der Waals surface area contributed by atoms with Crippen molar-refractivity contribution in [2.24, 2.45) is 0 Å². The Hall–Kier alpha value is -1.58. The standard InChI is InChI=1S/C15H17F6NO2S/c1-4-22(5-2)10-6-8-11(9-7-10)25-13(12(23)24-3,14(16,17)18)15(19,20)21/h6-9H,4-5H2,1-3H3. The summed E-state index contributed by atoms with van der Waals surface area (Å²) in [5.74, 6) is -2.41. The molecule has 0 unspecified atom stereocenters. The van der Waals surface area contributed by atoms with E-state index in [-0.39, 0.29) is 4.90 Å². The quantitative estimate of drug-likeness (QED) is 0.402. The maximum atomic E-state index is 13.3. The van der Waals surface area contributed by atoms with E-state index in [1.54, 1.807) is 0 Å². The average Bonchev–Trinajstić information content (AvgIpc) is 2.52. The number of anilines is 1. The summed E-state index contributed by atoms with van der Waals surface area (Å²) in [6, 6.07) is 5.05. The Bertz CT molecular complexity index is 567. The van der Waals surface area contributed by atoms with Gasteiger partial charge in [-0.2, -0.15) is 26.3 Å². The molecule has 1 aromatic carbocycles. The van der Waals surface area contributed by atoms with E-state index in [0.717, 1.165) is 12.1 Å². The minimum Gasteiger partial charge on any atom is -0.467 e. The molecule has 0 radical (unpaired) electrons. The van der Waals surface area contributed by atoms with Crippen LogP contribution in [-0.2, 0) is 9.53 Å². The fraction of sp³-hybridized carbons (Fsp3) is 0.533. The van der Waals surface area contributed by atoms with E-state index >= 15 is 0 Å². The van der Waals surface area contributed by atoms with Crippen molar-refractivity contribution >= 4 is 23.4 Å². The van der Waals surface area contributed by atoms with Crippen molar-refractivity contribution in [1.82, 2.24) is 0 Å². The highest BCUT2D eigenvalue weighted by molar-refractivity contribution is 8.01. The van der Waals surface area contributed by atoms with Crippen molar-refractivity contribution in [3.8, 4) is 0 Å². The summed E-state index contributed by atoms with van der Waals surface area (Å²) in [4.78, 5) is 13.0. The van der Waals surface area contributed by atoms with Crippen molar-refractivity contribution in [2.75, 3.05) is 25.1 Å². The van der Waals surface area contributed by atoms with Gasteiger partial charge in [0, 0.05) is 23.7 Å². The van der Waals surface area contributed by atoms with Crippen molar-refractivity contribution in [1.29, 1.82) is 0 Å². The third-order valence-corrected chi connectivity index (χ3v) is 4.95. The van der Waals surface area contributed by atoms with E-state index in [1.165, 1.54) is 12.1 Å². The first-order valence-electron chi connectivity index (χ1n) is 7.20. The number of carbonyl (C=O) groups is 1. The lowest BCUT2D eigenvalue weighted by Gasteiger charge is -2.33. The van der Waals surface area contributed by atoms with Gasteiger partial charge in [0.15, 0.2) is 0 Å². The summed E-state index contributed by atoms with van der Waals surface area (Å²) >= 11 is -0.625. The third-order valence-electron chi connectivity index (χ3n) is 3.51. The Morgan fingerprint density at radius 2 is 1.44 bits per heavy atom. The van der Waals surface area contributed by atoms with E-state index in [4.69, 9.17) is 0 Å². The monoisotopic (exact) mass is 389 g/mol. The number of alkyl halides is 6. The van der Waals surface area contributed by atoms with Gasteiger partial charge in [-0.15, -0.1) is 0 Å². The Labute approximate surface area is 145 Å². The molecule has 0 bridgehead atoms. The van der Waals surface area contributed by atoms with E-state index < -0.39 is 34.8 Å². The number of hydrogen-bond acceptors (Lipinski definition) is 4. The molecule has 0 saturated carbocycles. The number of hydrogen-bond donors (Lipinski definition) is 0. The summed E-state index contributed by atoms with van der Waals surface area (Å²) in [6.45, 7) is 4.98. The second kappa shape index (κ2) is 7.76. The molecule has 0 aromatic heterocycles. The molecule has 0 amide bonds. The molecule has 0 N–H and O–H groups in total. The molecule has 1 rings (SSSR count). The zero-order valence-electron chi connectivity index (χ0n) is 13.7. The minimum absolute atomic E-state index is 0.351. The van der Waals surface area contributed by atoms with Crippen LogP contribution in [0, 0.1) is 0 Å². The second-order valence-electron chi connectivity index (χ2n) is 4.94. The maximum absolute atomic E-state index is 13.3. The van der Waals surface area contributed by atoms with E-state index in [9.17, 15) is 31.1 Å². The van der Waals surface area contributed by atoms with E-state index in [1.807, 2.05) is 18.7 Å². The SMILES string of the molecule is CCN(CC)c1ccc(SC(C(=O)OC)(C(F)(F)F)C(F)(F)F)cc1. The molecule has 0 heterocycles. The Balaban J connectivity index is 3.34. The molecule has 10 heteroatoms. The third kappa shape index (κ3) is 4.16. The molecule has 0 fully saturated rings.